The van der Waals surface area contributed by atoms with Gasteiger partial charge < -0.3 is 10.1 Å². The van der Waals surface area contributed by atoms with Gasteiger partial charge in [0.2, 0.25) is 0 Å². The average Bonchev–Trinajstić information content (AvgIpc) is 1.97. The van der Waals surface area contributed by atoms with Gasteiger partial charge in [0, 0.05) is 6.54 Å². The van der Waals surface area contributed by atoms with E-state index in [1.54, 1.807) is 6.08 Å². The fourth-order valence-corrected chi connectivity index (χ4v) is 0.880. The van der Waals surface area contributed by atoms with Gasteiger partial charge in [-0.2, -0.15) is 0 Å². The molecule has 0 aromatic carbocycles. The van der Waals surface area contributed by atoms with Gasteiger partial charge in [0.25, 0.3) is 0 Å². The second kappa shape index (κ2) is 6.38. The molecule has 0 aliphatic rings. The van der Waals surface area contributed by atoms with Gasteiger partial charge in [0.15, 0.2) is 0 Å². The third-order valence-corrected chi connectivity index (χ3v) is 1.58. The van der Waals surface area contributed by atoms with Crippen LogP contribution in [0.15, 0.2) is 12.7 Å². The van der Waals surface area contributed by atoms with Gasteiger partial charge in [-0.05, 0) is 13.0 Å². The largest absolute Gasteiger partial charge is 0.373 e. The van der Waals surface area contributed by atoms with Crippen LogP contribution in [-0.4, -0.2) is 26.3 Å². The SMILES string of the molecule is C=CCOC(CNC)C(C)C. The first-order valence-corrected chi connectivity index (χ1v) is 4.09. The van der Waals surface area contributed by atoms with Crippen molar-refractivity contribution in [3.63, 3.8) is 0 Å². The van der Waals surface area contributed by atoms with Crippen molar-refractivity contribution in [3.8, 4) is 0 Å². The Morgan fingerprint density at radius 2 is 2.18 bits per heavy atom. The quantitative estimate of drug-likeness (QED) is 0.589. The van der Waals surface area contributed by atoms with E-state index in [1.807, 2.05) is 7.05 Å². The molecule has 0 heterocycles. The first kappa shape index (κ1) is 10.7. The summed E-state index contributed by atoms with van der Waals surface area (Å²) in [6.07, 6.45) is 2.09. The van der Waals surface area contributed by atoms with Crippen LogP contribution >= 0.6 is 0 Å². The van der Waals surface area contributed by atoms with Crippen molar-refractivity contribution in [2.45, 2.75) is 20.0 Å². The zero-order valence-corrected chi connectivity index (χ0v) is 7.76. The molecule has 2 nitrogen and oxygen atoms in total. The molecule has 1 N–H and O–H groups in total. The lowest BCUT2D eigenvalue weighted by molar-refractivity contribution is 0.0422. The first-order valence-electron chi connectivity index (χ1n) is 4.09. The van der Waals surface area contributed by atoms with Crippen LogP contribution in [0.2, 0.25) is 0 Å². The predicted molar refractivity (Wildman–Crippen MR) is 48.7 cm³/mol. The maximum atomic E-state index is 5.51. The Morgan fingerprint density at radius 1 is 1.55 bits per heavy atom. The van der Waals surface area contributed by atoms with Crippen LogP contribution in [0.4, 0.5) is 0 Å². The Balaban J connectivity index is 3.59. The highest BCUT2D eigenvalue weighted by Crippen LogP contribution is 2.04. The first-order chi connectivity index (χ1) is 5.22. The van der Waals surface area contributed by atoms with Crippen LogP contribution < -0.4 is 5.32 Å². The van der Waals surface area contributed by atoms with E-state index in [4.69, 9.17) is 4.74 Å². The Morgan fingerprint density at radius 3 is 2.55 bits per heavy atom. The smallest absolute Gasteiger partial charge is 0.0726 e. The third kappa shape index (κ3) is 4.99. The monoisotopic (exact) mass is 157 g/mol. The Kier molecular flexibility index (Phi) is 6.18. The molecule has 0 aliphatic carbocycles. The summed E-state index contributed by atoms with van der Waals surface area (Å²) in [5.74, 6) is 0.558. The van der Waals surface area contributed by atoms with Gasteiger partial charge in [-0.1, -0.05) is 19.9 Å². The number of rotatable bonds is 6. The number of hydrogen-bond donors (Lipinski definition) is 1. The summed E-state index contributed by atoms with van der Waals surface area (Å²) in [5, 5.41) is 3.10. The Bertz CT molecular complexity index is 102. The van der Waals surface area contributed by atoms with Crippen molar-refractivity contribution in [3.05, 3.63) is 12.7 Å². The van der Waals surface area contributed by atoms with E-state index in [0.717, 1.165) is 6.54 Å². The van der Waals surface area contributed by atoms with Crippen molar-refractivity contribution in [1.29, 1.82) is 0 Å². The van der Waals surface area contributed by atoms with E-state index < -0.39 is 0 Å². The fourth-order valence-electron chi connectivity index (χ4n) is 0.880. The van der Waals surface area contributed by atoms with Crippen molar-refractivity contribution in [1.82, 2.24) is 5.32 Å². The molecule has 0 saturated heterocycles. The van der Waals surface area contributed by atoms with E-state index in [2.05, 4.69) is 25.7 Å². The highest BCUT2D eigenvalue weighted by Gasteiger charge is 2.11. The summed E-state index contributed by atoms with van der Waals surface area (Å²) in [6, 6.07) is 0. The summed E-state index contributed by atoms with van der Waals surface area (Å²) in [4.78, 5) is 0. The van der Waals surface area contributed by atoms with Crippen molar-refractivity contribution in [2.24, 2.45) is 5.92 Å². The van der Waals surface area contributed by atoms with Crippen molar-refractivity contribution < 1.29 is 4.74 Å². The van der Waals surface area contributed by atoms with Crippen LogP contribution in [0.25, 0.3) is 0 Å². The zero-order chi connectivity index (χ0) is 8.69. The van der Waals surface area contributed by atoms with E-state index >= 15 is 0 Å². The second-order valence-electron chi connectivity index (χ2n) is 2.96. The normalized spacial score (nSPS) is 13.5. The highest BCUT2D eigenvalue weighted by atomic mass is 16.5. The lowest BCUT2D eigenvalue weighted by Crippen LogP contribution is -2.31. The average molecular weight is 157 g/mol. The standard InChI is InChI=1S/C9H19NO/c1-5-6-11-9(7-10-4)8(2)3/h5,8-10H,1,6-7H2,2-4H3. The molecule has 0 spiro atoms. The minimum Gasteiger partial charge on any atom is -0.373 e. The summed E-state index contributed by atoms with van der Waals surface area (Å²) in [7, 11) is 1.94. The summed E-state index contributed by atoms with van der Waals surface area (Å²) < 4.78 is 5.51. The van der Waals surface area contributed by atoms with Gasteiger partial charge in [-0.15, -0.1) is 6.58 Å². The maximum Gasteiger partial charge on any atom is 0.0726 e. The molecule has 0 saturated carbocycles. The second-order valence-corrected chi connectivity index (χ2v) is 2.96. The molecule has 66 valence electrons. The van der Waals surface area contributed by atoms with Gasteiger partial charge in [0.1, 0.15) is 0 Å². The zero-order valence-electron chi connectivity index (χ0n) is 7.76. The van der Waals surface area contributed by atoms with Crippen LogP contribution in [0.3, 0.4) is 0 Å². The third-order valence-electron chi connectivity index (χ3n) is 1.58. The number of ether oxygens (including phenoxy) is 1. The molecule has 2 heteroatoms. The molecule has 0 radical (unpaired) electrons. The molecule has 11 heavy (non-hydrogen) atoms. The van der Waals surface area contributed by atoms with Crippen LogP contribution in [0.5, 0.6) is 0 Å². The minimum absolute atomic E-state index is 0.304. The Labute approximate surface area is 69.6 Å². The maximum absolute atomic E-state index is 5.51. The van der Waals surface area contributed by atoms with E-state index in [-0.39, 0.29) is 0 Å². The van der Waals surface area contributed by atoms with Gasteiger partial charge in [0.05, 0.1) is 12.7 Å². The van der Waals surface area contributed by atoms with Crippen LogP contribution in [0, 0.1) is 5.92 Å². The molecular formula is C9H19NO. The molecule has 0 aliphatic heterocycles. The predicted octanol–water partition coefficient (Wildman–Crippen LogP) is 1.43. The summed E-state index contributed by atoms with van der Waals surface area (Å²) in [6.45, 7) is 9.47. The molecular weight excluding hydrogens is 138 g/mol. The number of nitrogens with one attached hydrogen (secondary N) is 1. The van der Waals surface area contributed by atoms with E-state index in [1.165, 1.54) is 0 Å². The fraction of sp³-hybridized carbons (Fsp3) is 0.778. The van der Waals surface area contributed by atoms with Crippen molar-refractivity contribution in [2.75, 3.05) is 20.2 Å². The van der Waals surface area contributed by atoms with Crippen molar-refractivity contribution >= 4 is 0 Å². The molecule has 1 unspecified atom stereocenters. The van der Waals surface area contributed by atoms with E-state index in [9.17, 15) is 0 Å². The molecule has 0 fully saturated rings. The van der Waals surface area contributed by atoms with Gasteiger partial charge in [-0.3, -0.25) is 0 Å². The van der Waals surface area contributed by atoms with Gasteiger partial charge in [-0.25, -0.2) is 0 Å². The lowest BCUT2D eigenvalue weighted by Gasteiger charge is -2.20. The lowest BCUT2D eigenvalue weighted by atomic mass is 10.1. The van der Waals surface area contributed by atoms with Crippen LogP contribution in [-0.2, 0) is 4.74 Å². The number of likely N-dealkylation sites (N-methyl/N-ethyl adjacent to an activating group) is 1. The molecule has 0 bridgehead atoms. The van der Waals surface area contributed by atoms with Crippen LogP contribution in [0.1, 0.15) is 13.8 Å². The molecule has 0 aromatic rings. The summed E-state index contributed by atoms with van der Waals surface area (Å²) >= 11 is 0. The topological polar surface area (TPSA) is 21.3 Å². The number of hydrogen-bond acceptors (Lipinski definition) is 2. The summed E-state index contributed by atoms with van der Waals surface area (Å²) in [5.41, 5.74) is 0. The minimum atomic E-state index is 0.304. The molecule has 1 atom stereocenters. The molecule has 0 amide bonds. The highest BCUT2D eigenvalue weighted by molar-refractivity contribution is 4.69. The molecule has 0 rings (SSSR count). The Hall–Kier alpha value is -0.340. The molecule has 0 aromatic heterocycles. The van der Waals surface area contributed by atoms with Gasteiger partial charge >= 0.3 is 0 Å². The van der Waals surface area contributed by atoms with E-state index in [0.29, 0.717) is 18.6 Å².